The summed E-state index contributed by atoms with van der Waals surface area (Å²) in [5, 5.41) is 3.10. The first-order chi connectivity index (χ1) is 7.22. The van der Waals surface area contributed by atoms with Crippen molar-refractivity contribution in [2.75, 3.05) is 12.4 Å². The SMILES string of the molecule is CCCOC(=O)CSCc1csc(C)n1. The highest BCUT2D eigenvalue weighted by atomic mass is 32.2. The zero-order valence-electron chi connectivity index (χ0n) is 8.99. The molecule has 0 aromatic carbocycles. The van der Waals surface area contributed by atoms with Crippen LogP contribution in [-0.4, -0.2) is 23.3 Å². The van der Waals surface area contributed by atoms with Crippen LogP contribution in [0, 0.1) is 6.92 Å². The number of carbonyl (C=O) groups excluding carboxylic acids is 1. The van der Waals surface area contributed by atoms with Crippen LogP contribution in [0.1, 0.15) is 24.0 Å². The van der Waals surface area contributed by atoms with Gasteiger partial charge in [0.15, 0.2) is 0 Å². The molecule has 0 amide bonds. The first-order valence-corrected chi connectivity index (χ1v) is 6.90. The minimum atomic E-state index is -0.131. The molecule has 1 rings (SSSR count). The second kappa shape index (κ2) is 6.85. The first-order valence-electron chi connectivity index (χ1n) is 4.86. The van der Waals surface area contributed by atoms with Gasteiger partial charge in [-0.2, -0.15) is 0 Å². The number of carbonyl (C=O) groups is 1. The number of aromatic nitrogens is 1. The highest BCUT2D eigenvalue weighted by Crippen LogP contribution is 2.15. The molecule has 0 bridgehead atoms. The summed E-state index contributed by atoms with van der Waals surface area (Å²) in [4.78, 5) is 15.5. The van der Waals surface area contributed by atoms with E-state index in [2.05, 4.69) is 4.98 Å². The number of nitrogens with zero attached hydrogens (tertiary/aromatic N) is 1. The lowest BCUT2D eigenvalue weighted by molar-refractivity contribution is -0.140. The molecule has 0 fully saturated rings. The van der Waals surface area contributed by atoms with Gasteiger partial charge in [-0.3, -0.25) is 4.79 Å². The van der Waals surface area contributed by atoms with Crippen LogP contribution >= 0.6 is 23.1 Å². The standard InChI is InChI=1S/C10H15NO2S2/c1-3-4-13-10(12)7-14-5-9-6-15-8(2)11-9/h6H,3-5,7H2,1-2H3. The lowest BCUT2D eigenvalue weighted by atomic mass is 10.5. The van der Waals surface area contributed by atoms with Gasteiger partial charge in [0.1, 0.15) is 0 Å². The molecule has 0 aliphatic rings. The Morgan fingerprint density at radius 3 is 3.07 bits per heavy atom. The van der Waals surface area contributed by atoms with Gasteiger partial charge in [-0.1, -0.05) is 6.92 Å². The predicted molar refractivity (Wildman–Crippen MR) is 64.3 cm³/mol. The highest BCUT2D eigenvalue weighted by molar-refractivity contribution is 7.99. The molecule has 1 aromatic heterocycles. The fourth-order valence-electron chi connectivity index (χ4n) is 0.971. The number of thioether (sulfide) groups is 1. The zero-order chi connectivity index (χ0) is 11.1. The Morgan fingerprint density at radius 2 is 2.47 bits per heavy atom. The quantitative estimate of drug-likeness (QED) is 0.722. The van der Waals surface area contributed by atoms with E-state index >= 15 is 0 Å². The Bertz CT molecular complexity index is 312. The fourth-order valence-corrected chi connectivity index (χ4v) is 2.40. The molecule has 1 heterocycles. The molecule has 0 atom stereocenters. The first kappa shape index (κ1) is 12.5. The molecule has 0 aliphatic heterocycles. The molecule has 0 N–H and O–H groups in total. The van der Waals surface area contributed by atoms with Gasteiger partial charge in [-0.15, -0.1) is 23.1 Å². The number of thiazole rings is 1. The van der Waals surface area contributed by atoms with Gasteiger partial charge in [0.05, 0.1) is 23.1 Å². The maximum absolute atomic E-state index is 11.1. The Hall–Kier alpha value is -0.550. The Labute approximate surface area is 98.2 Å². The fraction of sp³-hybridized carbons (Fsp3) is 0.600. The third-order valence-electron chi connectivity index (χ3n) is 1.60. The maximum Gasteiger partial charge on any atom is 0.315 e. The second-order valence-corrected chi connectivity index (χ2v) is 5.12. The molecule has 0 spiro atoms. The summed E-state index contributed by atoms with van der Waals surface area (Å²) in [5.41, 5.74) is 1.05. The van der Waals surface area contributed by atoms with Crippen molar-refractivity contribution in [2.24, 2.45) is 0 Å². The molecule has 0 saturated heterocycles. The van der Waals surface area contributed by atoms with Crippen molar-refractivity contribution in [3.63, 3.8) is 0 Å². The maximum atomic E-state index is 11.1. The van der Waals surface area contributed by atoms with E-state index < -0.39 is 0 Å². The normalized spacial score (nSPS) is 10.3. The summed E-state index contributed by atoms with van der Waals surface area (Å²) >= 11 is 3.18. The largest absolute Gasteiger partial charge is 0.465 e. The van der Waals surface area contributed by atoms with E-state index in [1.54, 1.807) is 23.1 Å². The summed E-state index contributed by atoms with van der Waals surface area (Å²) in [5.74, 6) is 1.07. The van der Waals surface area contributed by atoms with Crippen molar-refractivity contribution < 1.29 is 9.53 Å². The minimum absolute atomic E-state index is 0.131. The van der Waals surface area contributed by atoms with Crippen molar-refractivity contribution >= 4 is 29.1 Å². The van der Waals surface area contributed by atoms with E-state index in [1.807, 2.05) is 19.2 Å². The lowest BCUT2D eigenvalue weighted by Gasteiger charge is -2.01. The molecule has 0 saturated carbocycles. The van der Waals surface area contributed by atoms with Crippen LogP contribution in [0.15, 0.2) is 5.38 Å². The van der Waals surface area contributed by atoms with Crippen LogP contribution in [-0.2, 0) is 15.3 Å². The second-order valence-electron chi connectivity index (χ2n) is 3.07. The number of rotatable bonds is 6. The van der Waals surface area contributed by atoms with Crippen LogP contribution in [0.5, 0.6) is 0 Å². The average Bonchev–Trinajstić information content (AvgIpc) is 2.61. The molecule has 0 unspecified atom stereocenters. The Balaban J connectivity index is 2.13. The average molecular weight is 245 g/mol. The monoisotopic (exact) mass is 245 g/mol. The van der Waals surface area contributed by atoms with Crippen LogP contribution in [0.25, 0.3) is 0 Å². The number of ether oxygens (including phenoxy) is 1. The third kappa shape index (κ3) is 5.18. The Kier molecular flexibility index (Phi) is 5.71. The predicted octanol–water partition coefficient (Wildman–Crippen LogP) is 2.64. The van der Waals surface area contributed by atoms with Gasteiger partial charge >= 0.3 is 5.97 Å². The summed E-state index contributed by atoms with van der Waals surface area (Å²) in [6.07, 6.45) is 0.877. The minimum Gasteiger partial charge on any atom is -0.465 e. The number of esters is 1. The van der Waals surface area contributed by atoms with E-state index in [0.29, 0.717) is 12.4 Å². The van der Waals surface area contributed by atoms with Gasteiger partial charge < -0.3 is 4.74 Å². The summed E-state index contributed by atoms with van der Waals surface area (Å²) in [6.45, 7) is 4.49. The molecular weight excluding hydrogens is 230 g/mol. The molecule has 0 radical (unpaired) electrons. The molecule has 3 nitrogen and oxygen atoms in total. The van der Waals surface area contributed by atoms with Crippen molar-refractivity contribution in [3.8, 4) is 0 Å². The summed E-state index contributed by atoms with van der Waals surface area (Å²) in [6, 6.07) is 0. The number of aryl methyl sites for hydroxylation is 1. The number of hydrogen-bond acceptors (Lipinski definition) is 5. The van der Waals surface area contributed by atoms with E-state index in [1.165, 1.54) is 0 Å². The van der Waals surface area contributed by atoms with E-state index in [4.69, 9.17) is 4.74 Å². The molecule has 15 heavy (non-hydrogen) atoms. The molecule has 5 heteroatoms. The zero-order valence-corrected chi connectivity index (χ0v) is 10.6. The van der Waals surface area contributed by atoms with Crippen LogP contribution < -0.4 is 0 Å². The van der Waals surface area contributed by atoms with Gasteiger partial charge in [0, 0.05) is 11.1 Å². The summed E-state index contributed by atoms with van der Waals surface area (Å²) in [7, 11) is 0. The van der Waals surface area contributed by atoms with E-state index in [0.717, 1.165) is 22.9 Å². The Morgan fingerprint density at radius 1 is 1.67 bits per heavy atom. The topological polar surface area (TPSA) is 39.2 Å². The van der Waals surface area contributed by atoms with E-state index in [9.17, 15) is 4.79 Å². The van der Waals surface area contributed by atoms with Crippen LogP contribution in [0.3, 0.4) is 0 Å². The van der Waals surface area contributed by atoms with E-state index in [-0.39, 0.29) is 5.97 Å². The lowest BCUT2D eigenvalue weighted by Crippen LogP contribution is -2.07. The van der Waals surface area contributed by atoms with Gasteiger partial charge in [-0.25, -0.2) is 4.98 Å². The summed E-state index contributed by atoms with van der Waals surface area (Å²) < 4.78 is 4.96. The molecule has 1 aromatic rings. The smallest absolute Gasteiger partial charge is 0.315 e. The van der Waals surface area contributed by atoms with Crippen molar-refractivity contribution in [1.82, 2.24) is 4.98 Å². The van der Waals surface area contributed by atoms with Gasteiger partial charge in [-0.05, 0) is 13.3 Å². The third-order valence-corrected chi connectivity index (χ3v) is 3.37. The molecule has 0 aliphatic carbocycles. The van der Waals surface area contributed by atoms with Gasteiger partial charge in [0.25, 0.3) is 0 Å². The number of hydrogen-bond donors (Lipinski definition) is 0. The van der Waals surface area contributed by atoms with Crippen LogP contribution in [0.4, 0.5) is 0 Å². The highest BCUT2D eigenvalue weighted by Gasteiger charge is 2.04. The molecule has 84 valence electrons. The van der Waals surface area contributed by atoms with Crippen molar-refractivity contribution in [3.05, 3.63) is 16.1 Å². The van der Waals surface area contributed by atoms with Gasteiger partial charge in [0.2, 0.25) is 0 Å². The molecular formula is C10H15NO2S2. The van der Waals surface area contributed by atoms with Crippen molar-refractivity contribution in [2.45, 2.75) is 26.0 Å². The van der Waals surface area contributed by atoms with Crippen LogP contribution in [0.2, 0.25) is 0 Å². The van der Waals surface area contributed by atoms with Crippen molar-refractivity contribution in [1.29, 1.82) is 0 Å².